The van der Waals surface area contributed by atoms with Gasteiger partial charge in [-0.1, -0.05) is 27.2 Å². The minimum Gasteiger partial charge on any atom is -0.396 e. The molecule has 1 heteroatoms. The summed E-state index contributed by atoms with van der Waals surface area (Å²) in [6.07, 6.45) is 3.82. The molecule has 0 heterocycles. The monoisotopic (exact) mass is 144 g/mol. The summed E-state index contributed by atoms with van der Waals surface area (Å²) in [7, 11) is 0. The van der Waals surface area contributed by atoms with Crippen LogP contribution in [0.5, 0.6) is 0 Å². The maximum absolute atomic E-state index is 8.68. The Balaban J connectivity index is 0.000000371. The highest BCUT2D eigenvalue weighted by Gasteiger charge is 2.19. The number of rotatable bonds is 1. The van der Waals surface area contributed by atoms with Crippen LogP contribution in [0.2, 0.25) is 0 Å². The molecular weight excluding hydrogens is 124 g/mol. The van der Waals surface area contributed by atoms with E-state index in [2.05, 4.69) is 6.92 Å². The fourth-order valence-electron chi connectivity index (χ4n) is 1.49. The van der Waals surface area contributed by atoms with Crippen LogP contribution in [0, 0.1) is 11.8 Å². The molecule has 0 saturated heterocycles. The van der Waals surface area contributed by atoms with Crippen molar-refractivity contribution in [2.24, 2.45) is 11.8 Å². The largest absolute Gasteiger partial charge is 0.396 e. The second-order valence-electron chi connectivity index (χ2n) is 2.97. The molecule has 1 N–H and O–H groups in total. The number of hydrogen-bond donors (Lipinski definition) is 1. The van der Waals surface area contributed by atoms with Crippen LogP contribution in [0.1, 0.15) is 40.0 Å². The van der Waals surface area contributed by atoms with Crippen molar-refractivity contribution < 1.29 is 5.11 Å². The van der Waals surface area contributed by atoms with E-state index in [0.29, 0.717) is 12.5 Å². The maximum Gasteiger partial charge on any atom is 0.0459 e. The van der Waals surface area contributed by atoms with Crippen molar-refractivity contribution >= 4 is 0 Å². The van der Waals surface area contributed by atoms with Crippen LogP contribution in [0.25, 0.3) is 0 Å². The summed E-state index contributed by atoms with van der Waals surface area (Å²) in [6, 6.07) is 0. The normalized spacial score (nSPS) is 31.2. The summed E-state index contributed by atoms with van der Waals surface area (Å²) in [5, 5.41) is 8.68. The van der Waals surface area contributed by atoms with Crippen molar-refractivity contribution in [3.8, 4) is 0 Å². The third-order valence-electron chi connectivity index (χ3n) is 2.06. The zero-order chi connectivity index (χ0) is 7.98. The minimum atomic E-state index is 0.407. The van der Waals surface area contributed by atoms with Crippen molar-refractivity contribution in [2.45, 2.75) is 40.0 Å². The molecule has 0 aromatic carbocycles. The van der Waals surface area contributed by atoms with Crippen LogP contribution in [0.15, 0.2) is 0 Å². The van der Waals surface area contributed by atoms with Gasteiger partial charge in [-0.3, -0.25) is 0 Å². The van der Waals surface area contributed by atoms with Crippen molar-refractivity contribution in [2.75, 3.05) is 6.61 Å². The molecule has 2 unspecified atom stereocenters. The lowest BCUT2D eigenvalue weighted by atomic mass is 10.1. The van der Waals surface area contributed by atoms with Gasteiger partial charge in [0.05, 0.1) is 0 Å². The van der Waals surface area contributed by atoms with Gasteiger partial charge in [0.2, 0.25) is 0 Å². The fraction of sp³-hybridized carbons (Fsp3) is 1.00. The molecule has 0 aromatic heterocycles. The lowest BCUT2D eigenvalue weighted by molar-refractivity contribution is 0.227. The lowest BCUT2D eigenvalue weighted by Gasteiger charge is -2.01. The van der Waals surface area contributed by atoms with Crippen LogP contribution in [0.3, 0.4) is 0 Å². The molecule has 1 rings (SSSR count). The molecular formula is C9H20O. The average molecular weight is 144 g/mol. The van der Waals surface area contributed by atoms with E-state index in [1.54, 1.807) is 0 Å². The molecule has 0 radical (unpaired) electrons. The van der Waals surface area contributed by atoms with Crippen molar-refractivity contribution in [1.29, 1.82) is 0 Å². The van der Waals surface area contributed by atoms with E-state index >= 15 is 0 Å². The van der Waals surface area contributed by atoms with Crippen molar-refractivity contribution in [3.05, 3.63) is 0 Å². The van der Waals surface area contributed by atoms with Crippen LogP contribution in [0.4, 0.5) is 0 Å². The van der Waals surface area contributed by atoms with Crippen molar-refractivity contribution in [3.63, 3.8) is 0 Å². The summed E-state index contributed by atoms with van der Waals surface area (Å²) < 4.78 is 0. The number of aliphatic hydroxyl groups excluding tert-OH is 1. The molecule has 0 aliphatic heterocycles. The first-order valence-corrected chi connectivity index (χ1v) is 4.43. The highest BCUT2D eigenvalue weighted by Crippen LogP contribution is 2.29. The molecule has 1 aliphatic rings. The molecule has 0 spiro atoms. The van der Waals surface area contributed by atoms with E-state index in [1.165, 1.54) is 19.3 Å². The van der Waals surface area contributed by atoms with Crippen LogP contribution < -0.4 is 0 Å². The van der Waals surface area contributed by atoms with E-state index in [1.807, 2.05) is 13.8 Å². The molecule has 10 heavy (non-hydrogen) atoms. The molecule has 2 atom stereocenters. The SMILES string of the molecule is CC.CC1CCC(CO)C1. The third kappa shape index (κ3) is 3.21. The van der Waals surface area contributed by atoms with Crippen LogP contribution in [-0.2, 0) is 0 Å². The average Bonchev–Trinajstić information content (AvgIpc) is 2.40. The number of aliphatic hydroxyl groups is 1. The molecule has 0 aromatic rings. The Morgan fingerprint density at radius 2 is 1.90 bits per heavy atom. The predicted octanol–water partition coefficient (Wildman–Crippen LogP) is 2.44. The van der Waals surface area contributed by atoms with Gasteiger partial charge in [-0.25, -0.2) is 0 Å². The maximum atomic E-state index is 8.68. The molecule has 1 nitrogen and oxygen atoms in total. The summed E-state index contributed by atoms with van der Waals surface area (Å²) in [4.78, 5) is 0. The highest BCUT2D eigenvalue weighted by atomic mass is 16.3. The number of hydrogen-bond acceptors (Lipinski definition) is 1. The van der Waals surface area contributed by atoms with Gasteiger partial charge in [-0.15, -0.1) is 0 Å². The van der Waals surface area contributed by atoms with Gasteiger partial charge in [-0.2, -0.15) is 0 Å². The molecule has 1 saturated carbocycles. The van der Waals surface area contributed by atoms with Gasteiger partial charge in [0.15, 0.2) is 0 Å². The Kier molecular flexibility index (Phi) is 5.70. The molecule has 62 valence electrons. The second kappa shape index (κ2) is 5.72. The Labute approximate surface area is 64.5 Å². The Morgan fingerprint density at radius 3 is 2.10 bits per heavy atom. The van der Waals surface area contributed by atoms with Gasteiger partial charge in [-0.05, 0) is 24.7 Å². The predicted molar refractivity (Wildman–Crippen MR) is 44.9 cm³/mol. The first-order chi connectivity index (χ1) is 4.83. The van der Waals surface area contributed by atoms with Gasteiger partial charge in [0, 0.05) is 6.61 Å². The summed E-state index contributed by atoms with van der Waals surface area (Å²) in [5.74, 6) is 1.50. The third-order valence-corrected chi connectivity index (χ3v) is 2.06. The smallest absolute Gasteiger partial charge is 0.0459 e. The van der Waals surface area contributed by atoms with E-state index in [9.17, 15) is 0 Å². The topological polar surface area (TPSA) is 20.2 Å². The van der Waals surface area contributed by atoms with Crippen molar-refractivity contribution in [1.82, 2.24) is 0 Å². The minimum absolute atomic E-state index is 0.407. The Hall–Kier alpha value is -0.0400. The Bertz CT molecular complexity index is 71.1. The second-order valence-corrected chi connectivity index (χ2v) is 2.97. The molecule has 0 amide bonds. The van der Waals surface area contributed by atoms with Gasteiger partial charge < -0.3 is 5.11 Å². The van der Waals surface area contributed by atoms with Gasteiger partial charge in [0.25, 0.3) is 0 Å². The zero-order valence-corrected chi connectivity index (χ0v) is 7.43. The fourth-order valence-corrected chi connectivity index (χ4v) is 1.49. The lowest BCUT2D eigenvalue weighted by Crippen LogP contribution is -1.99. The van der Waals surface area contributed by atoms with Crippen LogP contribution in [-0.4, -0.2) is 11.7 Å². The first-order valence-electron chi connectivity index (χ1n) is 4.43. The first kappa shape index (κ1) is 9.96. The molecule has 1 aliphatic carbocycles. The van der Waals surface area contributed by atoms with E-state index < -0.39 is 0 Å². The molecule has 0 bridgehead atoms. The summed E-state index contributed by atoms with van der Waals surface area (Å²) in [6.45, 7) is 6.67. The van der Waals surface area contributed by atoms with Crippen LogP contribution >= 0.6 is 0 Å². The van der Waals surface area contributed by atoms with E-state index in [4.69, 9.17) is 5.11 Å². The van der Waals surface area contributed by atoms with Gasteiger partial charge in [0.1, 0.15) is 0 Å². The molecule has 1 fully saturated rings. The summed E-state index contributed by atoms with van der Waals surface area (Å²) in [5.41, 5.74) is 0. The van der Waals surface area contributed by atoms with E-state index in [-0.39, 0.29) is 0 Å². The highest BCUT2D eigenvalue weighted by molar-refractivity contribution is 4.71. The Morgan fingerprint density at radius 1 is 1.30 bits per heavy atom. The summed E-state index contributed by atoms with van der Waals surface area (Å²) >= 11 is 0. The zero-order valence-electron chi connectivity index (χ0n) is 7.43. The quantitative estimate of drug-likeness (QED) is 0.599. The van der Waals surface area contributed by atoms with Gasteiger partial charge >= 0.3 is 0 Å². The van der Waals surface area contributed by atoms with E-state index in [0.717, 1.165) is 5.92 Å². The standard InChI is InChI=1S/C7H14O.C2H6/c1-6-2-3-7(4-6)5-8;1-2/h6-8H,2-5H2,1H3;1-2H3.